The van der Waals surface area contributed by atoms with Gasteiger partial charge in [0, 0.05) is 36.3 Å². The number of aromatic nitrogens is 3. The molecule has 0 saturated carbocycles. The maximum absolute atomic E-state index is 14.7. The molecule has 2 atom stereocenters. The molecule has 2 unspecified atom stereocenters. The van der Waals surface area contributed by atoms with Crippen molar-refractivity contribution in [1.29, 1.82) is 0 Å². The van der Waals surface area contributed by atoms with Crippen LogP contribution in [0, 0.1) is 12.7 Å². The Morgan fingerprint density at radius 1 is 1.14 bits per heavy atom. The molecule has 2 fully saturated rings. The maximum atomic E-state index is 14.7. The number of benzene rings is 2. The lowest BCUT2D eigenvalue weighted by Crippen LogP contribution is -2.51. The molecule has 2 saturated heterocycles. The van der Waals surface area contributed by atoms with Gasteiger partial charge in [0.1, 0.15) is 29.1 Å². The van der Waals surface area contributed by atoms with E-state index in [2.05, 4.69) is 17.1 Å². The average Bonchev–Trinajstić information content (AvgIpc) is 3.22. The fourth-order valence-electron chi connectivity index (χ4n) is 6.01. The van der Waals surface area contributed by atoms with Gasteiger partial charge >= 0.3 is 0 Å². The first-order valence-electron chi connectivity index (χ1n) is 13.1. The standard InChI is InChI=1S/C29H32FN5O2/c1-5-21-26(22-11-20(36)10-17-6-9-23(30)16(4)24(17)22)34-29(37-15(2)3)25-27(21)31-14-32-28(25)35-12-18-7-8-19(13-35)33-18/h6,9-11,14-15,18-19,33,36H,5,7-8,12-13H2,1-4H3. The zero-order chi connectivity index (χ0) is 25.8. The third kappa shape index (κ3) is 4.03. The Kier molecular flexibility index (Phi) is 5.87. The molecule has 2 aliphatic rings. The highest BCUT2D eigenvalue weighted by Crippen LogP contribution is 2.42. The largest absolute Gasteiger partial charge is 0.508 e. The number of rotatable bonds is 5. The number of hydrogen-bond acceptors (Lipinski definition) is 7. The molecule has 4 aromatic rings. The van der Waals surface area contributed by atoms with Crippen LogP contribution in [0.25, 0.3) is 32.9 Å². The summed E-state index contributed by atoms with van der Waals surface area (Å²) in [6, 6.07) is 7.35. The lowest BCUT2D eigenvalue weighted by molar-refractivity contribution is 0.236. The summed E-state index contributed by atoms with van der Waals surface area (Å²) in [4.78, 5) is 16.9. The second kappa shape index (κ2) is 9.10. The highest BCUT2D eigenvalue weighted by molar-refractivity contribution is 6.04. The number of fused-ring (bicyclic) bond motifs is 4. The molecule has 7 nitrogen and oxygen atoms in total. The first kappa shape index (κ1) is 23.9. The van der Waals surface area contributed by atoms with Gasteiger partial charge in [0.25, 0.3) is 0 Å². The molecule has 37 heavy (non-hydrogen) atoms. The van der Waals surface area contributed by atoms with Gasteiger partial charge in [0.05, 0.1) is 17.3 Å². The van der Waals surface area contributed by atoms with Crippen molar-refractivity contribution in [3.63, 3.8) is 0 Å². The van der Waals surface area contributed by atoms with Crippen molar-refractivity contribution in [2.24, 2.45) is 0 Å². The molecule has 2 aromatic heterocycles. The molecule has 8 heteroatoms. The van der Waals surface area contributed by atoms with Crippen molar-refractivity contribution in [1.82, 2.24) is 20.3 Å². The van der Waals surface area contributed by atoms with Gasteiger partial charge in [0.15, 0.2) is 0 Å². The van der Waals surface area contributed by atoms with E-state index in [9.17, 15) is 9.50 Å². The van der Waals surface area contributed by atoms with Gasteiger partial charge < -0.3 is 20.1 Å². The minimum atomic E-state index is -0.296. The fraction of sp³-hybridized carbons (Fsp3) is 0.414. The number of aryl methyl sites for hydroxylation is 2. The number of pyridine rings is 1. The summed E-state index contributed by atoms with van der Waals surface area (Å²) in [5.74, 6) is 1.11. The second-order valence-electron chi connectivity index (χ2n) is 10.5. The van der Waals surface area contributed by atoms with Gasteiger partial charge in [-0.05, 0) is 74.6 Å². The van der Waals surface area contributed by atoms with E-state index in [1.165, 1.54) is 18.9 Å². The number of aromatic hydroxyl groups is 1. The zero-order valence-electron chi connectivity index (χ0n) is 21.7. The minimum Gasteiger partial charge on any atom is -0.508 e. The molecule has 6 rings (SSSR count). The number of ether oxygens (including phenoxy) is 1. The zero-order valence-corrected chi connectivity index (χ0v) is 21.7. The molecular formula is C29H32FN5O2. The molecule has 0 amide bonds. The van der Waals surface area contributed by atoms with Crippen LogP contribution in [0.5, 0.6) is 11.6 Å². The first-order valence-corrected chi connectivity index (χ1v) is 13.1. The van der Waals surface area contributed by atoms with Gasteiger partial charge in [0.2, 0.25) is 5.88 Å². The topological polar surface area (TPSA) is 83.4 Å². The Balaban J connectivity index is 1.65. The summed E-state index contributed by atoms with van der Waals surface area (Å²) in [7, 11) is 0. The number of nitrogens with zero attached hydrogens (tertiary/aromatic N) is 4. The molecule has 192 valence electrons. The lowest BCUT2D eigenvalue weighted by atomic mass is 9.93. The molecule has 2 aliphatic heterocycles. The molecule has 0 radical (unpaired) electrons. The number of phenols is 1. The summed E-state index contributed by atoms with van der Waals surface area (Å²) in [5, 5.41) is 16.6. The van der Waals surface area contributed by atoms with Gasteiger partial charge in [-0.1, -0.05) is 13.0 Å². The molecule has 2 aromatic carbocycles. The fourth-order valence-corrected chi connectivity index (χ4v) is 6.01. The molecule has 0 spiro atoms. The van der Waals surface area contributed by atoms with E-state index in [4.69, 9.17) is 19.7 Å². The summed E-state index contributed by atoms with van der Waals surface area (Å²) < 4.78 is 21.0. The minimum absolute atomic E-state index is 0.100. The van der Waals surface area contributed by atoms with E-state index in [0.717, 1.165) is 46.1 Å². The van der Waals surface area contributed by atoms with E-state index >= 15 is 0 Å². The monoisotopic (exact) mass is 501 g/mol. The third-order valence-electron chi connectivity index (χ3n) is 7.59. The Morgan fingerprint density at radius 2 is 1.89 bits per heavy atom. The van der Waals surface area contributed by atoms with E-state index in [1.807, 2.05) is 13.8 Å². The summed E-state index contributed by atoms with van der Waals surface area (Å²) in [5.41, 5.74) is 3.53. The van der Waals surface area contributed by atoms with Gasteiger partial charge in [-0.2, -0.15) is 0 Å². The van der Waals surface area contributed by atoms with E-state index < -0.39 is 0 Å². The number of anilines is 1. The van der Waals surface area contributed by atoms with Crippen LogP contribution < -0.4 is 15.0 Å². The van der Waals surface area contributed by atoms with Gasteiger partial charge in [-0.3, -0.25) is 0 Å². The second-order valence-corrected chi connectivity index (χ2v) is 10.5. The maximum Gasteiger partial charge on any atom is 0.227 e. The van der Waals surface area contributed by atoms with Crippen molar-refractivity contribution in [3.8, 4) is 22.9 Å². The van der Waals surface area contributed by atoms with Crippen LogP contribution in [0.1, 0.15) is 44.7 Å². The van der Waals surface area contributed by atoms with Crippen molar-refractivity contribution >= 4 is 27.5 Å². The highest BCUT2D eigenvalue weighted by Gasteiger charge is 2.34. The van der Waals surface area contributed by atoms with Gasteiger partial charge in [-0.15, -0.1) is 0 Å². The van der Waals surface area contributed by atoms with E-state index in [1.54, 1.807) is 31.5 Å². The SMILES string of the molecule is CCc1c(-c2cc(O)cc3ccc(F)c(C)c23)nc(OC(C)C)c2c(N3CC4CCC(C3)N4)ncnc12. The molecule has 0 aliphatic carbocycles. The predicted octanol–water partition coefficient (Wildman–Crippen LogP) is 5.29. The van der Waals surface area contributed by atoms with Crippen LogP contribution in [0.15, 0.2) is 30.6 Å². The third-order valence-corrected chi connectivity index (χ3v) is 7.59. The van der Waals surface area contributed by atoms with Crippen LogP contribution in [-0.4, -0.2) is 51.3 Å². The van der Waals surface area contributed by atoms with Crippen LogP contribution >= 0.6 is 0 Å². The first-order chi connectivity index (χ1) is 17.8. The van der Waals surface area contributed by atoms with Crippen LogP contribution in [-0.2, 0) is 6.42 Å². The van der Waals surface area contributed by atoms with Crippen LogP contribution in [0.4, 0.5) is 10.2 Å². The van der Waals surface area contributed by atoms with Gasteiger partial charge in [-0.25, -0.2) is 19.3 Å². The predicted molar refractivity (Wildman–Crippen MR) is 144 cm³/mol. The van der Waals surface area contributed by atoms with Crippen molar-refractivity contribution in [3.05, 3.63) is 47.5 Å². The summed E-state index contributed by atoms with van der Waals surface area (Å²) in [6.45, 7) is 9.52. The normalized spacial score (nSPS) is 19.4. The smallest absolute Gasteiger partial charge is 0.227 e. The van der Waals surface area contributed by atoms with Crippen LogP contribution in [0.3, 0.4) is 0 Å². The molecule has 4 heterocycles. The molecule has 2 N–H and O–H groups in total. The van der Waals surface area contributed by atoms with Crippen molar-refractivity contribution in [2.45, 2.75) is 65.1 Å². The number of hydrogen-bond donors (Lipinski definition) is 2. The van der Waals surface area contributed by atoms with Crippen molar-refractivity contribution in [2.75, 3.05) is 18.0 Å². The molecular weight excluding hydrogens is 469 g/mol. The number of halogens is 1. The number of nitrogens with one attached hydrogen (secondary N) is 1. The Labute approximate surface area is 215 Å². The molecule has 2 bridgehead atoms. The Morgan fingerprint density at radius 3 is 2.59 bits per heavy atom. The summed E-state index contributed by atoms with van der Waals surface area (Å²) >= 11 is 0. The quantitative estimate of drug-likeness (QED) is 0.385. The average molecular weight is 502 g/mol. The van der Waals surface area contributed by atoms with E-state index in [-0.39, 0.29) is 17.7 Å². The van der Waals surface area contributed by atoms with Crippen LogP contribution in [0.2, 0.25) is 0 Å². The van der Waals surface area contributed by atoms with E-state index in [0.29, 0.717) is 41.2 Å². The van der Waals surface area contributed by atoms with Crippen molar-refractivity contribution < 1.29 is 14.2 Å². The number of phenolic OH excluding ortho intramolecular Hbond substituents is 1. The Hall–Kier alpha value is -3.52. The highest BCUT2D eigenvalue weighted by atomic mass is 19.1. The number of piperazine rings is 1. The summed E-state index contributed by atoms with van der Waals surface area (Å²) in [6.07, 6.45) is 4.49. The Bertz CT molecular complexity index is 1510. The lowest BCUT2D eigenvalue weighted by Gasteiger charge is -2.34.